The van der Waals surface area contributed by atoms with Crippen molar-refractivity contribution in [2.75, 3.05) is 5.32 Å². The van der Waals surface area contributed by atoms with Crippen LogP contribution in [-0.4, -0.2) is 15.1 Å². The normalized spacial score (nSPS) is 10.4. The highest BCUT2D eigenvalue weighted by Gasteiger charge is 2.07. The van der Waals surface area contributed by atoms with Gasteiger partial charge in [-0.05, 0) is 31.2 Å². The molecule has 2 aromatic heterocycles. The molecule has 5 nitrogen and oxygen atoms in total. The van der Waals surface area contributed by atoms with E-state index < -0.39 is 0 Å². The summed E-state index contributed by atoms with van der Waals surface area (Å²) in [6.45, 7) is 2.56. The molecule has 0 saturated heterocycles. The second-order valence-corrected chi connectivity index (χ2v) is 4.47. The van der Waals surface area contributed by atoms with E-state index in [1.807, 2.05) is 24.3 Å². The van der Waals surface area contributed by atoms with Crippen molar-refractivity contribution < 1.29 is 4.52 Å². The number of aromatic nitrogens is 3. The first-order chi connectivity index (χ1) is 9.81. The van der Waals surface area contributed by atoms with Crippen molar-refractivity contribution in [2.24, 2.45) is 0 Å². The van der Waals surface area contributed by atoms with Crippen LogP contribution in [0.3, 0.4) is 0 Å². The van der Waals surface area contributed by atoms with Crippen molar-refractivity contribution in [3.63, 3.8) is 0 Å². The molecule has 0 bridgehead atoms. The molecule has 5 heteroatoms. The molecule has 100 valence electrons. The van der Waals surface area contributed by atoms with Crippen LogP contribution < -0.4 is 5.32 Å². The number of pyridine rings is 1. The van der Waals surface area contributed by atoms with Crippen LogP contribution >= 0.6 is 0 Å². The smallest absolute Gasteiger partial charge is 0.246 e. The number of rotatable bonds is 4. The first kappa shape index (κ1) is 12.3. The monoisotopic (exact) mass is 266 g/mol. The fraction of sp³-hybridized carbons (Fsp3) is 0.133. The Balaban J connectivity index is 1.67. The van der Waals surface area contributed by atoms with Gasteiger partial charge in [-0.1, -0.05) is 22.9 Å². The molecular formula is C15H14N4O. The zero-order valence-corrected chi connectivity index (χ0v) is 11.1. The molecular weight excluding hydrogens is 252 g/mol. The lowest BCUT2D eigenvalue weighted by Gasteiger charge is -2.02. The molecule has 3 aromatic rings. The van der Waals surface area contributed by atoms with Crippen molar-refractivity contribution in [1.82, 2.24) is 15.1 Å². The van der Waals surface area contributed by atoms with Gasteiger partial charge >= 0.3 is 0 Å². The molecule has 0 aliphatic heterocycles. The minimum atomic E-state index is 0.501. The predicted molar refractivity (Wildman–Crippen MR) is 76.0 cm³/mol. The molecule has 1 aromatic carbocycles. The maximum absolute atomic E-state index is 5.22. The SMILES string of the molecule is Cc1ccc(NCc2nc(-c3ccncc3)no2)cc1. The summed E-state index contributed by atoms with van der Waals surface area (Å²) >= 11 is 0. The van der Waals surface area contributed by atoms with Crippen molar-refractivity contribution in [2.45, 2.75) is 13.5 Å². The summed E-state index contributed by atoms with van der Waals surface area (Å²) in [4.78, 5) is 8.31. The van der Waals surface area contributed by atoms with E-state index in [4.69, 9.17) is 4.52 Å². The predicted octanol–water partition coefficient (Wildman–Crippen LogP) is 3.05. The van der Waals surface area contributed by atoms with Crippen LogP contribution in [0, 0.1) is 6.92 Å². The van der Waals surface area contributed by atoms with Gasteiger partial charge in [0.2, 0.25) is 11.7 Å². The molecule has 0 spiro atoms. The minimum absolute atomic E-state index is 0.501. The van der Waals surface area contributed by atoms with Crippen molar-refractivity contribution >= 4 is 5.69 Å². The number of hydrogen-bond acceptors (Lipinski definition) is 5. The van der Waals surface area contributed by atoms with Gasteiger partial charge in [-0.15, -0.1) is 0 Å². The van der Waals surface area contributed by atoms with Crippen LogP contribution in [0.15, 0.2) is 53.3 Å². The Morgan fingerprint density at radius 3 is 2.55 bits per heavy atom. The topological polar surface area (TPSA) is 63.8 Å². The van der Waals surface area contributed by atoms with Crippen molar-refractivity contribution in [3.05, 3.63) is 60.2 Å². The molecule has 2 heterocycles. The van der Waals surface area contributed by atoms with Crippen LogP contribution in [0.1, 0.15) is 11.5 Å². The summed E-state index contributed by atoms with van der Waals surface area (Å²) in [5, 5.41) is 7.20. The molecule has 0 aliphatic carbocycles. The van der Waals surface area contributed by atoms with E-state index in [2.05, 4.69) is 39.5 Å². The molecule has 0 saturated carbocycles. The van der Waals surface area contributed by atoms with Gasteiger partial charge in [0, 0.05) is 23.6 Å². The second-order valence-electron chi connectivity index (χ2n) is 4.47. The Kier molecular flexibility index (Phi) is 3.41. The van der Waals surface area contributed by atoms with Crippen molar-refractivity contribution in [1.29, 1.82) is 0 Å². The highest BCUT2D eigenvalue weighted by atomic mass is 16.5. The van der Waals surface area contributed by atoms with Gasteiger partial charge in [-0.25, -0.2) is 0 Å². The second kappa shape index (κ2) is 5.52. The third kappa shape index (κ3) is 2.83. The summed E-state index contributed by atoms with van der Waals surface area (Å²) in [5.74, 6) is 1.13. The molecule has 0 fully saturated rings. The van der Waals surface area contributed by atoms with Crippen LogP contribution in [-0.2, 0) is 6.54 Å². The third-order valence-corrected chi connectivity index (χ3v) is 2.90. The zero-order chi connectivity index (χ0) is 13.8. The van der Waals surface area contributed by atoms with Gasteiger partial charge in [0.15, 0.2) is 0 Å². The van der Waals surface area contributed by atoms with E-state index in [1.54, 1.807) is 12.4 Å². The lowest BCUT2D eigenvalue weighted by molar-refractivity contribution is 0.384. The van der Waals surface area contributed by atoms with E-state index in [9.17, 15) is 0 Å². The lowest BCUT2D eigenvalue weighted by Crippen LogP contribution is -1.99. The molecule has 20 heavy (non-hydrogen) atoms. The molecule has 1 N–H and O–H groups in total. The molecule has 0 unspecified atom stereocenters. The number of anilines is 1. The van der Waals surface area contributed by atoms with E-state index in [1.165, 1.54) is 5.56 Å². The maximum Gasteiger partial charge on any atom is 0.246 e. The molecule has 3 rings (SSSR count). The largest absolute Gasteiger partial charge is 0.376 e. The molecule has 0 radical (unpaired) electrons. The Bertz CT molecular complexity index is 677. The third-order valence-electron chi connectivity index (χ3n) is 2.90. The average molecular weight is 266 g/mol. The summed E-state index contributed by atoms with van der Waals surface area (Å²) in [6.07, 6.45) is 3.41. The van der Waals surface area contributed by atoms with Crippen LogP contribution in [0.2, 0.25) is 0 Å². The Hall–Kier alpha value is -2.69. The lowest BCUT2D eigenvalue weighted by atomic mass is 10.2. The fourth-order valence-electron chi connectivity index (χ4n) is 1.79. The van der Waals surface area contributed by atoms with Crippen LogP contribution in [0.4, 0.5) is 5.69 Å². The summed E-state index contributed by atoms with van der Waals surface area (Å²) in [7, 11) is 0. The number of nitrogens with zero attached hydrogens (tertiary/aromatic N) is 3. The van der Waals surface area contributed by atoms with Gasteiger partial charge in [-0.3, -0.25) is 4.98 Å². The molecule has 0 amide bonds. The first-order valence-electron chi connectivity index (χ1n) is 6.35. The van der Waals surface area contributed by atoms with E-state index in [-0.39, 0.29) is 0 Å². The Labute approximate surface area is 116 Å². The summed E-state index contributed by atoms with van der Waals surface area (Å²) in [5.41, 5.74) is 3.15. The van der Waals surface area contributed by atoms with Crippen LogP contribution in [0.25, 0.3) is 11.4 Å². The highest BCUT2D eigenvalue weighted by Crippen LogP contribution is 2.15. The van der Waals surface area contributed by atoms with E-state index in [0.29, 0.717) is 18.3 Å². The Morgan fingerprint density at radius 2 is 1.80 bits per heavy atom. The number of nitrogens with one attached hydrogen (secondary N) is 1. The quantitative estimate of drug-likeness (QED) is 0.786. The minimum Gasteiger partial charge on any atom is -0.376 e. The number of aryl methyl sites for hydroxylation is 1. The molecule has 0 atom stereocenters. The average Bonchev–Trinajstić information content (AvgIpc) is 2.97. The summed E-state index contributed by atoms with van der Waals surface area (Å²) in [6, 6.07) is 11.9. The zero-order valence-electron chi connectivity index (χ0n) is 11.1. The fourth-order valence-corrected chi connectivity index (χ4v) is 1.79. The van der Waals surface area contributed by atoms with Gasteiger partial charge in [-0.2, -0.15) is 4.98 Å². The highest BCUT2D eigenvalue weighted by molar-refractivity contribution is 5.52. The molecule has 0 aliphatic rings. The van der Waals surface area contributed by atoms with E-state index >= 15 is 0 Å². The van der Waals surface area contributed by atoms with Gasteiger partial charge in [0.1, 0.15) is 0 Å². The summed E-state index contributed by atoms with van der Waals surface area (Å²) < 4.78 is 5.22. The number of benzene rings is 1. The van der Waals surface area contributed by atoms with E-state index in [0.717, 1.165) is 11.3 Å². The standard InChI is InChI=1S/C15H14N4O/c1-11-2-4-13(5-3-11)17-10-14-18-15(19-20-14)12-6-8-16-9-7-12/h2-9,17H,10H2,1H3. The van der Waals surface area contributed by atoms with Gasteiger partial charge in [0.05, 0.1) is 6.54 Å². The Morgan fingerprint density at radius 1 is 1.05 bits per heavy atom. The maximum atomic E-state index is 5.22. The van der Waals surface area contributed by atoms with Crippen molar-refractivity contribution in [3.8, 4) is 11.4 Å². The van der Waals surface area contributed by atoms with Crippen LogP contribution in [0.5, 0.6) is 0 Å². The van der Waals surface area contributed by atoms with Gasteiger partial charge in [0.25, 0.3) is 0 Å². The van der Waals surface area contributed by atoms with Gasteiger partial charge < -0.3 is 9.84 Å². The number of hydrogen-bond donors (Lipinski definition) is 1. The first-order valence-corrected chi connectivity index (χ1v) is 6.35.